The second kappa shape index (κ2) is 10.2. The number of hydrogen-bond acceptors (Lipinski definition) is 2. The molecule has 1 aliphatic rings. The van der Waals surface area contributed by atoms with Crippen LogP contribution in [0.1, 0.15) is 5.69 Å². The van der Waals surface area contributed by atoms with Gasteiger partial charge in [-0.15, -0.1) is 5.69 Å². The van der Waals surface area contributed by atoms with E-state index < -0.39 is 7.92 Å². The normalized spacial score (nSPS) is 14.2. The third-order valence-corrected chi connectivity index (χ3v) is 10.5. The van der Waals surface area contributed by atoms with E-state index in [0.29, 0.717) is 0 Å². The summed E-state index contributed by atoms with van der Waals surface area (Å²) < 4.78 is 0. The van der Waals surface area contributed by atoms with E-state index in [1.165, 1.54) is 10.6 Å². The molecule has 3 nitrogen and oxygen atoms in total. The number of benzene rings is 5. The Balaban J connectivity index is 0.00000264. The van der Waals surface area contributed by atoms with Crippen LogP contribution >= 0.6 is 7.92 Å². The van der Waals surface area contributed by atoms with Gasteiger partial charge in [0.2, 0.25) is 0 Å². The third kappa shape index (κ3) is 4.17. The van der Waals surface area contributed by atoms with Gasteiger partial charge in [0.15, 0.2) is 0 Å². The van der Waals surface area contributed by atoms with Crippen LogP contribution in [0, 0.1) is 0 Å². The van der Waals surface area contributed by atoms with E-state index in [0.717, 1.165) is 67.1 Å². The average Bonchev–Trinajstić information content (AvgIpc) is 3.00. The van der Waals surface area contributed by atoms with Crippen LogP contribution in [-0.4, -0.2) is 9.97 Å². The molecule has 4 bridgehead atoms. The Bertz CT molecular complexity index is 2040. The molecule has 0 radical (unpaired) electrons. The molecule has 0 fully saturated rings. The first-order valence-corrected chi connectivity index (χ1v) is 15.0. The summed E-state index contributed by atoms with van der Waals surface area (Å²) in [6.45, 7) is 0. The summed E-state index contributed by atoms with van der Waals surface area (Å²) in [5, 5.41) is 12.5. The van der Waals surface area contributed by atoms with Crippen molar-refractivity contribution in [2.45, 2.75) is 6.16 Å². The fourth-order valence-corrected chi connectivity index (χ4v) is 8.39. The second-order valence-corrected chi connectivity index (χ2v) is 12.5. The molecule has 1 unspecified atom stereocenters. The van der Waals surface area contributed by atoms with Crippen molar-refractivity contribution in [3.8, 4) is 11.3 Å². The van der Waals surface area contributed by atoms with Gasteiger partial charge in [0.25, 0.3) is 0 Å². The molecule has 7 aromatic rings. The molecule has 0 saturated carbocycles. The smallest absolute Gasteiger partial charge is 0.654 e. The molecule has 1 atom stereocenters. The van der Waals surface area contributed by atoms with Gasteiger partial charge in [-0.3, -0.25) is 0 Å². The molecule has 0 amide bonds. The molecule has 0 saturated heterocycles. The number of aromatic nitrogens is 2. The minimum Gasteiger partial charge on any atom is -0.654 e. The quantitative estimate of drug-likeness (QED) is 0.111. The number of fused-ring (bicyclic) bond motifs is 5. The predicted octanol–water partition coefficient (Wildman–Crippen LogP) is 8.62. The van der Waals surface area contributed by atoms with Crippen LogP contribution < -0.4 is 10.6 Å². The largest absolute Gasteiger partial charge is 1.00 e. The Kier molecular flexibility index (Phi) is 6.33. The molecular formula is C35H24CuN3P+. The van der Waals surface area contributed by atoms with E-state index in [9.17, 15) is 0 Å². The van der Waals surface area contributed by atoms with Crippen molar-refractivity contribution in [1.29, 1.82) is 0 Å². The summed E-state index contributed by atoms with van der Waals surface area (Å²) in [6, 6.07) is 45.3. The SMILES string of the molecule is [Cu+].c1ccc([PH+]2Cc3ccc4ccc5ccc6ccc(nc6c5c4n3)-c3ccccc3[N-]c3ccccc32)cc1. The van der Waals surface area contributed by atoms with Crippen molar-refractivity contribution < 1.29 is 17.1 Å². The van der Waals surface area contributed by atoms with Crippen LogP contribution in [0.15, 0.2) is 127 Å². The Morgan fingerprint density at radius 2 is 1.18 bits per heavy atom. The van der Waals surface area contributed by atoms with Crippen molar-refractivity contribution in [2.75, 3.05) is 0 Å². The maximum Gasteiger partial charge on any atom is 1.00 e. The van der Waals surface area contributed by atoms with E-state index in [-0.39, 0.29) is 17.1 Å². The minimum absolute atomic E-state index is 0. The maximum absolute atomic E-state index is 5.35. The number of hydrogen-bond donors (Lipinski definition) is 0. The number of nitrogens with zero attached hydrogens (tertiary/aromatic N) is 3. The van der Waals surface area contributed by atoms with E-state index in [1.54, 1.807) is 0 Å². The summed E-state index contributed by atoms with van der Waals surface area (Å²) in [4.78, 5) is 10.6. The molecular weight excluding hydrogens is 557 g/mol. The summed E-state index contributed by atoms with van der Waals surface area (Å²) >= 11 is 0. The summed E-state index contributed by atoms with van der Waals surface area (Å²) in [6.07, 6.45) is 0.874. The molecule has 0 spiro atoms. The van der Waals surface area contributed by atoms with E-state index in [1.807, 2.05) is 0 Å². The predicted molar refractivity (Wildman–Crippen MR) is 167 cm³/mol. The van der Waals surface area contributed by atoms with Crippen LogP contribution in [0.3, 0.4) is 0 Å². The first-order valence-electron chi connectivity index (χ1n) is 13.3. The van der Waals surface area contributed by atoms with Gasteiger partial charge in [-0.05, 0) is 41.3 Å². The van der Waals surface area contributed by atoms with Crippen molar-refractivity contribution in [3.63, 3.8) is 0 Å². The van der Waals surface area contributed by atoms with Crippen LogP contribution in [0.25, 0.3) is 49.2 Å². The zero-order valence-electron chi connectivity index (χ0n) is 21.5. The van der Waals surface area contributed by atoms with Crippen molar-refractivity contribution in [1.82, 2.24) is 9.97 Å². The van der Waals surface area contributed by atoms with Crippen LogP contribution in [0.2, 0.25) is 0 Å². The zero-order chi connectivity index (χ0) is 25.8. The molecule has 3 heterocycles. The van der Waals surface area contributed by atoms with Crippen molar-refractivity contribution >= 4 is 62.5 Å². The standard InChI is InChI=1S/C35H23N3P.Cu/c1-2-8-27(9-3-1)39-22-26-20-18-24-16-14-23-15-17-25-19-21-30(38-35(25)33(23)34(24)36-26)28-10-4-5-11-29(28)37-31-12-6-7-13-32(31)39;/h1-21H,22H2;/q-1;+1/p+1. The van der Waals surface area contributed by atoms with E-state index >= 15 is 0 Å². The summed E-state index contributed by atoms with van der Waals surface area (Å²) in [7, 11) is -1.23. The molecule has 2 aromatic heterocycles. The molecule has 0 aliphatic carbocycles. The molecule has 194 valence electrons. The molecule has 8 rings (SSSR count). The number of para-hydroxylation sites is 2. The van der Waals surface area contributed by atoms with E-state index in [2.05, 4.69) is 127 Å². The van der Waals surface area contributed by atoms with Gasteiger partial charge in [0, 0.05) is 16.2 Å². The van der Waals surface area contributed by atoms with Gasteiger partial charge in [0.1, 0.15) is 6.16 Å². The van der Waals surface area contributed by atoms with E-state index in [4.69, 9.17) is 15.3 Å². The van der Waals surface area contributed by atoms with Crippen LogP contribution in [-0.2, 0) is 23.2 Å². The fraction of sp³-hybridized carbons (Fsp3) is 0.0286. The molecule has 5 aromatic carbocycles. The molecule has 0 N–H and O–H groups in total. The van der Waals surface area contributed by atoms with Crippen molar-refractivity contribution in [3.05, 3.63) is 138 Å². The van der Waals surface area contributed by atoms with Crippen LogP contribution in [0.4, 0.5) is 11.4 Å². The second-order valence-electron chi connectivity index (χ2n) is 10.0. The van der Waals surface area contributed by atoms with Gasteiger partial charge in [-0.2, -0.15) is 0 Å². The summed E-state index contributed by atoms with van der Waals surface area (Å²) in [5.41, 5.74) is 7.03. The van der Waals surface area contributed by atoms with Gasteiger partial charge in [0.05, 0.1) is 41.0 Å². The zero-order valence-corrected chi connectivity index (χ0v) is 23.4. The topological polar surface area (TPSA) is 39.9 Å². The first-order chi connectivity index (χ1) is 19.3. The Morgan fingerprint density at radius 3 is 2.00 bits per heavy atom. The summed E-state index contributed by atoms with van der Waals surface area (Å²) in [5.74, 6) is 0. The Morgan fingerprint density at radius 1 is 0.550 bits per heavy atom. The Hall–Kier alpha value is -4.07. The monoisotopic (exact) mass is 580 g/mol. The first kappa shape index (κ1) is 24.9. The molecule has 1 aliphatic heterocycles. The van der Waals surface area contributed by atoms with Gasteiger partial charge in [-0.25, -0.2) is 9.97 Å². The van der Waals surface area contributed by atoms with Gasteiger partial charge < -0.3 is 5.32 Å². The minimum atomic E-state index is -1.23. The average molecular weight is 581 g/mol. The maximum atomic E-state index is 5.35. The number of pyridine rings is 2. The molecule has 40 heavy (non-hydrogen) atoms. The fourth-order valence-electron chi connectivity index (χ4n) is 5.78. The molecule has 5 heteroatoms. The van der Waals surface area contributed by atoms with Crippen LogP contribution in [0.5, 0.6) is 0 Å². The Labute approximate surface area is 244 Å². The third-order valence-electron chi connectivity index (χ3n) is 7.69. The van der Waals surface area contributed by atoms with Gasteiger partial charge in [-0.1, -0.05) is 103 Å². The number of rotatable bonds is 1. The van der Waals surface area contributed by atoms with Crippen molar-refractivity contribution in [2.24, 2.45) is 0 Å². The van der Waals surface area contributed by atoms with Gasteiger partial charge >= 0.3 is 17.1 Å².